The van der Waals surface area contributed by atoms with Crippen LogP contribution >= 0.6 is 0 Å². The van der Waals surface area contributed by atoms with Gasteiger partial charge in [-0.15, -0.1) is 0 Å². The zero-order chi connectivity index (χ0) is 15.5. The Morgan fingerprint density at radius 2 is 1.81 bits per heavy atom. The van der Waals surface area contributed by atoms with Crippen molar-refractivity contribution in [2.45, 2.75) is 26.3 Å². The van der Waals surface area contributed by atoms with Gasteiger partial charge in [0.25, 0.3) is 0 Å². The molecule has 112 valence electrons. The highest BCUT2D eigenvalue weighted by Crippen LogP contribution is 2.35. The van der Waals surface area contributed by atoms with Gasteiger partial charge in [0.1, 0.15) is 0 Å². The van der Waals surface area contributed by atoms with Crippen molar-refractivity contribution in [3.63, 3.8) is 0 Å². The Morgan fingerprint density at radius 1 is 1.14 bits per heavy atom. The number of para-hydroxylation sites is 1. The van der Waals surface area contributed by atoms with Gasteiger partial charge in [-0.2, -0.15) is 0 Å². The molecule has 0 bridgehead atoms. The monoisotopic (exact) mass is 289 g/mol. The molecule has 0 amide bonds. The fourth-order valence-corrected chi connectivity index (χ4v) is 2.28. The Morgan fingerprint density at radius 3 is 2.48 bits per heavy atom. The molecule has 0 saturated heterocycles. The molecule has 0 radical (unpaired) electrons. The third kappa shape index (κ3) is 2.91. The van der Waals surface area contributed by atoms with Crippen LogP contribution in [-0.4, -0.2) is 30.7 Å². The van der Waals surface area contributed by atoms with Gasteiger partial charge in [0, 0.05) is 11.3 Å². The number of benzene rings is 1. The Balaban J connectivity index is 2.48. The Labute approximate surface area is 123 Å². The predicted octanol–water partition coefficient (Wildman–Crippen LogP) is 2.38. The average molecular weight is 289 g/mol. The van der Waals surface area contributed by atoms with Crippen molar-refractivity contribution >= 4 is 23.2 Å². The fraction of sp³-hybridized carbons (Fsp3) is 0.375. The minimum atomic E-state index is -1.09. The van der Waals surface area contributed by atoms with Gasteiger partial charge in [-0.05, 0) is 32.9 Å². The van der Waals surface area contributed by atoms with Crippen LogP contribution in [0.15, 0.2) is 30.3 Å². The summed E-state index contributed by atoms with van der Waals surface area (Å²) in [5, 5.41) is 3.13. The van der Waals surface area contributed by atoms with E-state index in [0.717, 1.165) is 5.56 Å². The molecule has 0 fully saturated rings. The zero-order valence-corrected chi connectivity index (χ0v) is 12.4. The normalized spacial score (nSPS) is 19.9. The number of carbonyl (C=O) groups is 2. The third-order valence-corrected chi connectivity index (χ3v) is 3.24. The fourth-order valence-electron chi connectivity index (χ4n) is 2.28. The summed E-state index contributed by atoms with van der Waals surface area (Å²) in [6.45, 7) is 5.73. The average Bonchev–Trinajstić information content (AvgIpc) is 2.47. The summed E-state index contributed by atoms with van der Waals surface area (Å²) in [6, 6.07) is 7.31. The van der Waals surface area contributed by atoms with Gasteiger partial charge >= 0.3 is 11.9 Å². The molecular formula is C16H19NO4. The van der Waals surface area contributed by atoms with E-state index in [0.29, 0.717) is 11.3 Å². The molecule has 21 heavy (non-hydrogen) atoms. The Bertz CT molecular complexity index is 594. The molecule has 1 aromatic carbocycles. The zero-order valence-electron chi connectivity index (χ0n) is 12.4. The molecule has 1 aromatic rings. The molecule has 5 heteroatoms. The summed E-state index contributed by atoms with van der Waals surface area (Å²) in [4.78, 5) is 24.3. The summed E-state index contributed by atoms with van der Waals surface area (Å²) in [7, 11) is 0. The maximum Gasteiger partial charge on any atom is 0.338 e. The number of rotatable bonds is 4. The first-order valence-corrected chi connectivity index (χ1v) is 6.96. The van der Waals surface area contributed by atoms with Crippen LogP contribution in [0.1, 0.15) is 26.3 Å². The summed E-state index contributed by atoms with van der Waals surface area (Å²) in [6.07, 6.45) is 1.57. The second-order valence-electron chi connectivity index (χ2n) is 4.87. The molecule has 1 aliphatic heterocycles. The quantitative estimate of drug-likeness (QED) is 0.862. The van der Waals surface area contributed by atoms with E-state index in [1.807, 2.05) is 24.3 Å². The number of nitrogens with one attached hydrogen (secondary N) is 1. The SMILES string of the molecule is CCOC(=O)C1=CC(C)(C(=O)OCC)Nc2ccccc21. The van der Waals surface area contributed by atoms with E-state index >= 15 is 0 Å². The van der Waals surface area contributed by atoms with Crippen LogP contribution in [0.5, 0.6) is 0 Å². The second kappa shape index (κ2) is 5.99. The lowest BCUT2D eigenvalue weighted by atomic mass is 9.89. The van der Waals surface area contributed by atoms with Crippen molar-refractivity contribution in [1.29, 1.82) is 0 Å². The van der Waals surface area contributed by atoms with Crippen LogP contribution in [0.4, 0.5) is 5.69 Å². The van der Waals surface area contributed by atoms with Crippen molar-refractivity contribution in [3.8, 4) is 0 Å². The first-order chi connectivity index (χ1) is 10.0. The van der Waals surface area contributed by atoms with E-state index in [9.17, 15) is 9.59 Å². The number of esters is 2. The lowest BCUT2D eigenvalue weighted by molar-refractivity contribution is -0.146. The summed E-state index contributed by atoms with van der Waals surface area (Å²) >= 11 is 0. The summed E-state index contributed by atoms with van der Waals surface area (Å²) in [5.41, 5.74) is 0.713. The largest absolute Gasteiger partial charge is 0.464 e. The van der Waals surface area contributed by atoms with Crippen LogP contribution < -0.4 is 5.32 Å². The third-order valence-electron chi connectivity index (χ3n) is 3.24. The van der Waals surface area contributed by atoms with Crippen LogP contribution in [0.25, 0.3) is 5.57 Å². The minimum absolute atomic E-state index is 0.278. The number of carbonyl (C=O) groups excluding carboxylic acids is 2. The topological polar surface area (TPSA) is 64.6 Å². The molecular weight excluding hydrogens is 270 g/mol. The molecule has 0 spiro atoms. The molecule has 1 heterocycles. The van der Waals surface area contributed by atoms with Gasteiger partial charge in [0.05, 0.1) is 18.8 Å². The highest BCUT2D eigenvalue weighted by Gasteiger charge is 2.38. The smallest absolute Gasteiger partial charge is 0.338 e. The highest BCUT2D eigenvalue weighted by molar-refractivity contribution is 6.20. The van der Waals surface area contributed by atoms with Gasteiger partial charge in [0.15, 0.2) is 5.54 Å². The summed E-state index contributed by atoms with van der Waals surface area (Å²) in [5.74, 6) is -0.872. The lowest BCUT2D eigenvalue weighted by Crippen LogP contribution is -2.45. The van der Waals surface area contributed by atoms with Crippen LogP contribution in [0.2, 0.25) is 0 Å². The molecule has 5 nitrogen and oxygen atoms in total. The van der Waals surface area contributed by atoms with E-state index in [-0.39, 0.29) is 13.2 Å². The molecule has 1 atom stereocenters. The van der Waals surface area contributed by atoms with Gasteiger partial charge in [-0.25, -0.2) is 9.59 Å². The van der Waals surface area contributed by atoms with E-state index < -0.39 is 17.5 Å². The van der Waals surface area contributed by atoms with E-state index in [4.69, 9.17) is 9.47 Å². The lowest BCUT2D eigenvalue weighted by Gasteiger charge is -2.32. The maximum atomic E-state index is 12.2. The molecule has 1 unspecified atom stereocenters. The van der Waals surface area contributed by atoms with Crippen molar-refractivity contribution in [1.82, 2.24) is 0 Å². The molecule has 0 aromatic heterocycles. The van der Waals surface area contributed by atoms with Crippen molar-refractivity contribution in [2.24, 2.45) is 0 Å². The molecule has 0 saturated carbocycles. The number of fused-ring (bicyclic) bond motifs is 1. The molecule has 1 N–H and O–H groups in total. The first-order valence-electron chi connectivity index (χ1n) is 6.96. The first kappa shape index (κ1) is 15.1. The standard InChI is InChI=1S/C16H19NO4/c1-4-20-14(18)12-10-16(3,15(19)21-5-2)17-13-9-7-6-8-11(12)13/h6-10,17H,4-5H2,1-3H3. The molecule has 0 aliphatic carbocycles. The van der Waals surface area contributed by atoms with Crippen molar-refractivity contribution < 1.29 is 19.1 Å². The van der Waals surface area contributed by atoms with Gasteiger partial charge in [0.2, 0.25) is 0 Å². The van der Waals surface area contributed by atoms with E-state index in [1.165, 1.54) is 0 Å². The number of hydrogen-bond acceptors (Lipinski definition) is 5. The Kier molecular flexibility index (Phi) is 4.31. The second-order valence-corrected chi connectivity index (χ2v) is 4.87. The molecule has 2 rings (SSSR count). The van der Waals surface area contributed by atoms with Crippen LogP contribution in [0, 0.1) is 0 Å². The number of ether oxygens (including phenoxy) is 2. The highest BCUT2D eigenvalue weighted by atomic mass is 16.5. The van der Waals surface area contributed by atoms with Gasteiger partial charge < -0.3 is 14.8 Å². The van der Waals surface area contributed by atoms with E-state index in [1.54, 1.807) is 26.8 Å². The number of anilines is 1. The van der Waals surface area contributed by atoms with Crippen LogP contribution in [0.3, 0.4) is 0 Å². The van der Waals surface area contributed by atoms with Crippen molar-refractivity contribution in [3.05, 3.63) is 35.9 Å². The van der Waals surface area contributed by atoms with Crippen LogP contribution in [-0.2, 0) is 19.1 Å². The predicted molar refractivity (Wildman–Crippen MR) is 79.7 cm³/mol. The van der Waals surface area contributed by atoms with E-state index in [2.05, 4.69) is 5.32 Å². The number of hydrogen-bond donors (Lipinski definition) is 1. The summed E-state index contributed by atoms with van der Waals surface area (Å²) < 4.78 is 10.2. The van der Waals surface area contributed by atoms with Gasteiger partial charge in [-0.1, -0.05) is 18.2 Å². The van der Waals surface area contributed by atoms with Gasteiger partial charge in [-0.3, -0.25) is 0 Å². The maximum absolute atomic E-state index is 12.2. The Hall–Kier alpha value is -2.30. The molecule has 1 aliphatic rings. The van der Waals surface area contributed by atoms with Crippen molar-refractivity contribution in [2.75, 3.05) is 18.5 Å². The minimum Gasteiger partial charge on any atom is -0.464 e.